The first-order valence-electron chi connectivity index (χ1n) is 8.15. The van der Waals surface area contributed by atoms with E-state index in [0.717, 1.165) is 18.7 Å². The number of aromatic nitrogens is 2. The van der Waals surface area contributed by atoms with E-state index in [1.807, 2.05) is 11.8 Å². The van der Waals surface area contributed by atoms with Crippen LogP contribution in [0.15, 0.2) is 35.3 Å². The smallest absolute Gasteiger partial charge is 0.257 e. The summed E-state index contributed by atoms with van der Waals surface area (Å²) < 4.78 is 11.3. The third-order valence-electron chi connectivity index (χ3n) is 4.82. The third kappa shape index (κ3) is 2.75. The zero-order valence-corrected chi connectivity index (χ0v) is 13.6. The summed E-state index contributed by atoms with van der Waals surface area (Å²) in [5.41, 5.74) is 0.381. The SMILES string of the molecule is Cc1occc1C(=O)N1CCC2(CC(Nc3cnccn3)CO2)C1. The van der Waals surface area contributed by atoms with E-state index in [-0.39, 0.29) is 17.6 Å². The Labute approximate surface area is 140 Å². The van der Waals surface area contributed by atoms with Crippen LogP contribution in [0.3, 0.4) is 0 Å². The second kappa shape index (κ2) is 5.90. The van der Waals surface area contributed by atoms with Crippen LogP contribution in [0.2, 0.25) is 0 Å². The summed E-state index contributed by atoms with van der Waals surface area (Å²) in [4.78, 5) is 22.8. The molecule has 2 unspecified atom stereocenters. The molecule has 4 heterocycles. The molecule has 1 amide bonds. The van der Waals surface area contributed by atoms with Crippen LogP contribution in [-0.4, -0.2) is 52.1 Å². The van der Waals surface area contributed by atoms with Crippen LogP contribution in [0, 0.1) is 6.92 Å². The largest absolute Gasteiger partial charge is 0.469 e. The number of amides is 1. The standard InChI is InChI=1S/C17H20N4O3/c1-12-14(2-7-23-12)16(22)21-6-3-17(11-21)8-13(10-24-17)20-15-9-18-4-5-19-15/h2,4-5,7,9,13H,3,6,8,10-11H2,1H3,(H,19,20). The number of carbonyl (C=O) groups excluding carboxylic acids is 1. The number of aryl methyl sites for hydroxylation is 1. The van der Waals surface area contributed by atoms with Gasteiger partial charge in [-0.2, -0.15) is 0 Å². The zero-order valence-electron chi connectivity index (χ0n) is 13.6. The number of likely N-dealkylation sites (tertiary alicyclic amines) is 1. The van der Waals surface area contributed by atoms with Gasteiger partial charge in [-0.25, -0.2) is 4.98 Å². The van der Waals surface area contributed by atoms with E-state index in [9.17, 15) is 4.79 Å². The molecule has 1 spiro atoms. The molecule has 126 valence electrons. The lowest BCUT2D eigenvalue weighted by atomic mass is 9.97. The molecule has 2 fully saturated rings. The Bertz CT molecular complexity index is 732. The van der Waals surface area contributed by atoms with Gasteiger partial charge in [0, 0.05) is 25.4 Å². The maximum absolute atomic E-state index is 12.6. The van der Waals surface area contributed by atoms with Gasteiger partial charge in [0.1, 0.15) is 11.6 Å². The van der Waals surface area contributed by atoms with Crippen LogP contribution in [0.25, 0.3) is 0 Å². The molecule has 7 heteroatoms. The van der Waals surface area contributed by atoms with Gasteiger partial charge < -0.3 is 19.4 Å². The molecule has 0 bridgehead atoms. The Morgan fingerprint density at radius 1 is 1.46 bits per heavy atom. The Kier molecular flexibility index (Phi) is 3.72. The summed E-state index contributed by atoms with van der Waals surface area (Å²) >= 11 is 0. The first-order valence-corrected chi connectivity index (χ1v) is 8.15. The number of furan rings is 1. The van der Waals surface area contributed by atoms with Crippen molar-refractivity contribution in [2.45, 2.75) is 31.4 Å². The predicted molar refractivity (Wildman–Crippen MR) is 86.7 cm³/mol. The van der Waals surface area contributed by atoms with Crippen molar-refractivity contribution in [3.63, 3.8) is 0 Å². The van der Waals surface area contributed by atoms with Gasteiger partial charge in [0.2, 0.25) is 0 Å². The van der Waals surface area contributed by atoms with Crippen LogP contribution >= 0.6 is 0 Å². The molecule has 0 saturated carbocycles. The van der Waals surface area contributed by atoms with E-state index in [1.165, 1.54) is 0 Å². The van der Waals surface area contributed by atoms with Gasteiger partial charge in [0.05, 0.1) is 42.8 Å². The number of carbonyl (C=O) groups is 1. The number of hydrogen-bond acceptors (Lipinski definition) is 6. The topological polar surface area (TPSA) is 80.5 Å². The monoisotopic (exact) mass is 328 g/mol. The van der Waals surface area contributed by atoms with E-state index < -0.39 is 0 Å². The molecule has 0 aromatic carbocycles. The number of hydrogen-bond donors (Lipinski definition) is 1. The number of ether oxygens (including phenoxy) is 1. The molecule has 1 N–H and O–H groups in total. The maximum atomic E-state index is 12.6. The minimum absolute atomic E-state index is 0.0204. The van der Waals surface area contributed by atoms with E-state index in [0.29, 0.717) is 31.0 Å². The lowest BCUT2D eigenvalue weighted by Crippen LogP contribution is -2.36. The summed E-state index contributed by atoms with van der Waals surface area (Å²) in [6, 6.07) is 1.92. The minimum Gasteiger partial charge on any atom is -0.469 e. The fourth-order valence-electron chi connectivity index (χ4n) is 3.60. The Morgan fingerprint density at radius 2 is 2.38 bits per heavy atom. The zero-order chi connectivity index (χ0) is 16.6. The van der Waals surface area contributed by atoms with Crippen LogP contribution in [0.4, 0.5) is 5.82 Å². The molecule has 2 aromatic rings. The Morgan fingerprint density at radius 3 is 3.12 bits per heavy atom. The van der Waals surface area contributed by atoms with E-state index in [1.54, 1.807) is 30.9 Å². The van der Waals surface area contributed by atoms with E-state index in [2.05, 4.69) is 15.3 Å². The quantitative estimate of drug-likeness (QED) is 0.926. The highest BCUT2D eigenvalue weighted by atomic mass is 16.5. The van der Waals surface area contributed by atoms with Gasteiger partial charge >= 0.3 is 0 Å². The van der Waals surface area contributed by atoms with Gasteiger partial charge in [0.25, 0.3) is 5.91 Å². The van der Waals surface area contributed by atoms with Gasteiger partial charge in [-0.1, -0.05) is 0 Å². The minimum atomic E-state index is -0.257. The molecule has 24 heavy (non-hydrogen) atoms. The molecule has 2 atom stereocenters. The van der Waals surface area contributed by atoms with Crippen LogP contribution in [0.5, 0.6) is 0 Å². The highest BCUT2D eigenvalue weighted by Gasteiger charge is 2.47. The Balaban J connectivity index is 1.40. The van der Waals surface area contributed by atoms with Gasteiger partial charge in [-0.05, 0) is 19.4 Å². The fourth-order valence-corrected chi connectivity index (χ4v) is 3.60. The van der Waals surface area contributed by atoms with Crippen molar-refractivity contribution in [1.29, 1.82) is 0 Å². The molecule has 2 saturated heterocycles. The summed E-state index contributed by atoms with van der Waals surface area (Å²) in [5.74, 6) is 1.44. The molecule has 2 aromatic heterocycles. The maximum Gasteiger partial charge on any atom is 0.257 e. The average molecular weight is 328 g/mol. The molecular weight excluding hydrogens is 308 g/mol. The molecular formula is C17H20N4O3. The van der Waals surface area contributed by atoms with Crippen LogP contribution in [-0.2, 0) is 4.74 Å². The van der Waals surface area contributed by atoms with Crippen molar-refractivity contribution in [3.8, 4) is 0 Å². The summed E-state index contributed by atoms with van der Waals surface area (Å²) in [5, 5.41) is 3.36. The van der Waals surface area contributed by atoms with E-state index in [4.69, 9.17) is 9.15 Å². The first kappa shape index (κ1) is 15.1. The lowest BCUT2D eigenvalue weighted by Gasteiger charge is -2.23. The van der Waals surface area contributed by atoms with Gasteiger partial charge in [0.15, 0.2) is 0 Å². The first-order chi connectivity index (χ1) is 11.7. The Hall–Kier alpha value is -2.41. The van der Waals surface area contributed by atoms with E-state index >= 15 is 0 Å². The van der Waals surface area contributed by atoms with Crippen LogP contribution < -0.4 is 5.32 Å². The van der Waals surface area contributed by atoms with Gasteiger partial charge in [-0.3, -0.25) is 9.78 Å². The molecule has 4 rings (SSSR count). The number of nitrogens with one attached hydrogen (secondary N) is 1. The number of rotatable bonds is 3. The van der Waals surface area contributed by atoms with Crippen molar-refractivity contribution >= 4 is 11.7 Å². The summed E-state index contributed by atoms with van der Waals surface area (Å²) in [7, 11) is 0. The number of nitrogens with zero attached hydrogens (tertiary/aromatic N) is 3. The van der Waals surface area contributed by atoms with Gasteiger partial charge in [-0.15, -0.1) is 0 Å². The second-order valence-corrected chi connectivity index (χ2v) is 6.50. The van der Waals surface area contributed by atoms with Crippen molar-refractivity contribution in [3.05, 3.63) is 42.2 Å². The second-order valence-electron chi connectivity index (χ2n) is 6.50. The van der Waals surface area contributed by atoms with Crippen molar-refractivity contribution < 1.29 is 13.9 Å². The highest BCUT2D eigenvalue weighted by molar-refractivity contribution is 5.95. The highest BCUT2D eigenvalue weighted by Crippen LogP contribution is 2.36. The van der Waals surface area contributed by atoms with Crippen LogP contribution in [0.1, 0.15) is 29.0 Å². The normalized spacial score (nSPS) is 26.2. The fraction of sp³-hybridized carbons (Fsp3) is 0.471. The molecule has 7 nitrogen and oxygen atoms in total. The molecule has 2 aliphatic rings. The summed E-state index contributed by atoms with van der Waals surface area (Å²) in [6.45, 7) is 3.76. The molecule has 2 aliphatic heterocycles. The summed E-state index contributed by atoms with van der Waals surface area (Å²) in [6.07, 6.45) is 8.29. The average Bonchev–Trinajstić information content (AvgIpc) is 3.30. The molecule has 0 aliphatic carbocycles. The number of anilines is 1. The lowest BCUT2D eigenvalue weighted by molar-refractivity contribution is 0.0124. The van der Waals surface area contributed by atoms with Crippen molar-refractivity contribution in [2.75, 3.05) is 25.0 Å². The van der Waals surface area contributed by atoms with Crippen molar-refractivity contribution in [2.24, 2.45) is 0 Å². The third-order valence-corrected chi connectivity index (χ3v) is 4.82. The predicted octanol–water partition coefficient (Wildman–Crippen LogP) is 1.86. The van der Waals surface area contributed by atoms with Crippen molar-refractivity contribution in [1.82, 2.24) is 14.9 Å². The molecule has 0 radical (unpaired) electrons.